The number of benzene rings is 1. The third-order valence-corrected chi connectivity index (χ3v) is 4.65. The monoisotopic (exact) mass is 382 g/mol. The van der Waals surface area contributed by atoms with Gasteiger partial charge in [-0.25, -0.2) is 4.98 Å². The highest BCUT2D eigenvalue weighted by Gasteiger charge is 2.16. The van der Waals surface area contributed by atoms with Crippen molar-refractivity contribution in [3.8, 4) is 5.75 Å². The summed E-state index contributed by atoms with van der Waals surface area (Å²) in [6.07, 6.45) is 6.51. The number of amides is 2. The molecule has 0 saturated heterocycles. The normalized spacial score (nSPS) is 13.8. The fourth-order valence-electron chi connectivity index (χ4n) is 3.06. The lowest BCUT2D eigenvalue weighted by Crippen LogP contribution is -2.35. The molecular weight excluding hydrogens is 356 g/mol. The van der Waals surface area contributed by atoms with Gasteiger partial charge in [0.1, 0.15) is 11.6 Å². The van der Waals surface area contributed by atoms with Crippen molar-refractivity contribution in [1.29, 1.82) is 0 Å². The van der Waals surface area contributed by atoms with Crippen LogP contribution in [0.2, 0.25) is 0 Å². The lowest BCUT2D eigenvalue weighted by molar-refractivity contribution is -0.136. The van der Waals surface area contributed by atoms with Crippen LogP contribution in [0, 0.1) is 0 Å². The fraction of sp³-hybridized carbons (Fsp3) is 0.381. The number of rotatable bonds is 6. The van der Waals surface area contributed by atoms with Gasteiger partial charge in [-0.15, -0.1) is 0 Å². The van der Waals surface area contributed by atoms with E-state index in [1.165, 1.54) is 19.0 Å². The van der Waals surface area contributed by atoms with E-state index in [4.69, 9.17) is 4.74 Å². The average Bonchev–Trinajstić information content (AvgIpc) is 3.20. The molecular formula is C21H26N4O3. The third-order valence-electron chi connectivity index (χ3n) is 4.65. The zero-order valence-corrected chi connectivity index (χ0v) is 16.3. The van der Waals surface area contributed by atoms with Crippen LogP contribution in [0.15, 0.2) is 42.6 Å². The van der Waals surface area contributed by atoms with Crippen LogP contribution in [-0.2, 0) is 16.1 Å². The van der Waals surface area contributed by atoms with Crippen LogP contribution in [-0.4, -0.2) is 37.0 Å². The highest BCUT2D eigenvalue weighted by atomic mass is 16.5. The van der Waals surface area contributed by atoms with Crippen LogP contribution in [0.1, 0.15) is 31.2 Å². The van der Waals surface area contributed by atoms with E-state index in [-0.39, 0.29) is 6.54 Å². The zero-order valence-electron chi connectivity index (χ0n) is 16.3. The summed E-state index contributed by atoms with van der Waals surface area (Å²) in [5.74, 6) is 0.194. The maximum atomic E-state index is 12.0. The van der Waals surface area contributed by atoms with Crippen molar-refractivity contribution in [3.05, 3.63) is 48.2 Å². The summed E-state index contributed by atoms with van der Waals surface area (Å²) in [5, 5.41) is 5.16. The van der Waals surface area contributed by atoms with Crippen LogP contribution in [0.3, 0.4) is 0 Å². The minimum absolute atomic E-state index is 0.272. The topological polar surface area (TPSA) is 83.6 Å². The molecule has 7 nitrogen and oxygen atoms in total. The van der Waals surface area contributed by atoms with Gasteiger partial charge in [-0.2, -0.15) is 0 Å². The average molecular weight is 382 g/mol. The molecule has 1 fully saturated rings. The molecule has 0 radical (unpaired) electrons. The van der Waals surface area contributed by atoms with Crippen molar-refractivity contribution in [3.63, 3.8) is 0 Å². The Morgan fingerprint density at radius 2 is 1.79 bits per heavy atom. The number of hydrogen-bond donors (Lipinski definition) is 2. The molecule has 0 atom stereocenters. The van der Waals surface area contributed by atoms with Crippen LogP contribution in [0.25, 0.3) is 0 Å². The van der Waals surface area contributed by atoms with Gasteiger partial charge < -0.3 is 20.3 Å². The van der Waals surface area contributed by atoms with Crippen molar-refractivity contribution in [2.45, 2.75) is 38.3 Å². The van der Waals surface area contributed by atoms with E-state index in [0.717, 1.165) is 30.0 Å². The molecule has 0 unspecified atom stereocenters. The molecule has 1 aliphatic rings. The molecule has 1 heterocycles. The number of nitrogens with one attached hydrogen (secondary N) is 2. The summed E-state index contributed by atoms with van der Waals surface area (Å²) in [6.45, 7) is 0.272. The molecule has 1 saturated carbocycles. The summed E-state index contributed by atoms with van der Waals surface area (Å²) in [7, 11) is 3.75. The quantitative estimate of drug-likeness (QED) is 0.751. The molecule has 3 rings (SSSR count). The molecule has 28 heavy (non-hydrogen) atoms. The van der Waals surface area contributed by atoms with Gasteiger partial charge in [0.15, 0.2) is 0 Å². The first-order chi connectivity index (χ1) is 13.5. The summed E-state index contributed by atoms with van der Waals surface area (Å²) < 4.78 is 5.92. The molecule has 1 aliphatic carbocycles. The van der Waals surface area contributed by atoms with Gasteiger partial charge in [0, 0.05) is 20.6 Å². The van der Waals surface area contributed by atoms with Gasteiger partial charge in [-0.05, 0) is 55.5 Å². The van der Waals surface area contributed by atoms with E-state index in [9.17, 15) is 9.59 Å². The molecule has 1 aromatic heterocycles. The van der Waals surface area contributed by atoms with Gasteiger partial charge in [-0.3, -0.25) is 9.59 Å². The lowest BCUT2D eigenvalue weighted by Gasteiger charge is -2.13. The first-order valence-electron chi connectivity index (χ1n) is 9.49. The Hall–Kier alpha value is -3.09. The van der Waals surface area contributed by atoms with E-state index in [2.05, 4.69) is 15.6 Å². The van der Waals surface area contributed by atoms with Crippen molar-refractivity contribution < 1.29 is 14.3 Å². The minimum atomic E-state index is -0.722. The molecule has 2 N–H and O–H groups in total. The first kappa shape index (κ1) is 19.7. The second-order valence-corrected chi connectivity index (χ2v) is 7.10. The molecule has 0 bridgehead atoms. The molecule has 7 heteroatoms. The van der Waals surface area contributed by atoms with E-state index in [1.807, 2.05) is 43.3 Å². The highest BCUT2D eigenvalue weighted by molar-refractivity contribution is 6.39. The Kier molecular flexibility index (Phi) is 6.47. The smallest absolute Gasteiger partial charge is 0.313 e. The number of carbonyl (C=O) groups excluding carboxylic acids is 2. The van der Waals surface area contributed by atoms with Crippen LogP contribution in [0.5, 0.6) is 5.75 Å². The Labute approximate surface area is 165 Å². The summed E-state index contributed by atoms with van der Waals surface area (Å²) >= 11 is 0. The van der Waals surface area contributed by atoms with Gasteiger partial charge in [0.05, 0.1) is 18.0 Å². The molecule has 148 valence electrons. The summed E-state index contributed by atoms with van der Waals surface area (Å²) in [6, 6.07) is 11.1. The van der Waals surface area contributed by atoms with Crippen molar-refractivity contribution >= 4 is 23.3 Å². The Morgan fingerprint density at radius 3 is 2.39 bits per heavy atom. The SMILES string of the molecule is CN(C)c1ccc(NC(=O)C(=O)NCc2ccc(OC3CCCC3)cc2)cn1. The maximum absolute atomic E-state index is 12.0. The van der Waals surface area contributed by atoms with E-state index in [0.29, 0.717) is 11.8 Å². The number of anilines is 2. The second-order valence-electron chi connectivity index (χ2n) is 7.10. The van der Waals surface area contributed by atoms with E-state index >= 15 is 0 Å². The second kappa shape index (κ2) is 9.21. The van der Waals surface area contributed by atoms with Crippen LogP contribution >= 0.6 is 0 Å². The Balaban J connectivity index is 1.45. The molecule has 2 amide bonds. The van der Waals surface area contributed by atoms with Crippen molar-refractivity contribution in [2.75, 3.05) is 24.3 Å². The predicted octanol–water partition coefficient (Wildman–Crippen LogP) is 2.72. The molecule has 0 aliphatic heterocycles. The van der Waals surface area contributed by atoms with Gasteiger partial charge in [-0.1, -0.05) is 12.1 Å². The largest absolute Gasteiger partial charge is 0.490 e. The summed E-state index contributed by atoms with van der Waals surface area (Å²) in [4.78, 5) is 30.1. The minimum Gasteiger partial charge on any atom is -0.490 e. The lowest BCUT2D eigenvalue weighted by atomic mass is 10.2. The van der Waals surface area contributed by atoms with Gasteiger partial charge >= 0.3 is 11.8 Å². The molecule has 1 aromatic carbocycles. The Bertz CT molecular complexity index is 797. The first-order valence-corrected chi connectivity index (χ1v) is 9.49. The zero-order chi connectivity index (χ0) is 19.9. The molecule has 2 aromatic rings. The maximum Gasteiger partial charge on any atom is 0.313 e. The standard InChI is InChI=1S/C21H26N4O3/c1-25(2)19-12-9-16(14-22-19)24-21(27)20(26)23-13-15-7-10-18(11-8-15)28-17-5-3-4-6-17/h7-12,14,17H,3-6,13H2,1-2H3,(H,23,26)(H,24,27). The number of hydrogen-bond acceptors (Lipinski definition) is 5. The number of carbonyl (C=O) groups is 2. The fourth-order valence-corrected chi connectivity index (χ4v) is 3.06. The van der Waals surface area contributed by atoms with Gasteiger partial charge in [0.2, 0.25) is 0 Å². The van der Waals surface area contributed by atoms with E-state index in [1.54, 1.807) is 12.1 Å². The Morgan fingerprint density at radius 1 is 1.07 bits per heavy atom. The van der Waals surface area contributed by atoms with E-state index < -0.39 is 11.8 Å². The number of aromatic nitrogens is 1. The van der Waals surface area contributed by atoms with Crippen LogP contribution in [0.4, 0.5) is 11.5 Å². The van der Waals surface area contributed by atoms with Crippen molar-refractivity contribution in [1.82, 2.24) is 10.3 Å². The van der Waals surface area contributed by atoms with Crippen molar-refractivity contribution in [2.24, 2.45) is 0 Å². The number of pyridine rings is 1. The predicted molar refractivity (Wildman–Crippen MR) is 108 cm³/mol. The third kappa shape index (κ3) is 5.45. The number of nitrogens with zero attached hydrogens (tertiary/aromatic N) is 2. The number of ether oxygens (including phenoxy) is 1. The molecule has 0 spiro atoms. The summed E-state index contributed by atoms with van der Waals surface area (Å²) in [5.41, 5.74) is 1.37. The van der Waals surface area contributed by atoms with Gasteiger partial charge in [0.25, 0.3) is 0 Å². The highest BCUT2D eigenvalue weighted by Crippen LogP contribution is 2.24. The van der Waals surface area contributed by atoms with Crippen LogP contribution < -0.4 is 20.3 Å².